The lowest BCUT2D eigenvalue weighted by atomic mass is 10.1. The summed E-state index contributed by atoms with van der Waals surface area (Å²) in [5.41, 5.74) is 1.01. The number of methoxy groups -OCH3 is 1. The molecule has 2 N–H and O–H groups in total. The van der Waals surface area contributed by atoms with Gasteiger partial charge in [-0.1, -0.05) is 6.07 Å². The molecule has 2 aromatic carbocycles. The zero-order valence-electron chi connectivity index (χ0n) is 13.1. The van der Waals surface area contributed by atoms with Crippen molar-refractivity contribution in [3.63, 3.8) is 0 Å². The molecule has 1 saturated carbocycles. The lowest BCUT2D eigenvalue weighted by Crippen LogP contribution is -2.25. The average molecular weight is 328 g/mol. The van der Waals surface area contributed by atoms with Crippen molar-refractivity contribution in [3.8, 4) is 5.75 Å². The number of anilines is 1. The summed E-state index contributed by atoms with van der Waals surface area (Å²) >= 11 is 0. The van der Waals surface area contributed by atoms with E-state index in [0.29, 0.717) is 11.3 Å². The third-order valence-electron chi connectivity index (χ3n) is 3.70. The third-order valence-corrected chi connectivity index (χ3v) is 3.70. The van der Waals surface area contributed by atoms with Crippen LogP contribution < -0.4 is 15.4 Å². The van der Waals surface area contributed by atoms with Gasteiger partial charge in [0.2, 0.25) is 0 Å². The Kier molecular flexibility index (Phi) is 4.46. The maximum atomic E-state index is 13.4. The van der Waals surface area contributed by atoms with Crippen LogP contribution in [-0.2, 0) is 0 Å². The fourth-order valence-corrected chi connectivity index (χ4v) is 2.29. The van der Waals surface area contributed by atoms with Crippen LogP contribution >= 0.6 is 0 Å². The molecule has 0 heterocycles. The second kappa shape index (κ2) is 6.70. The van der Waals surface area contributed by atoms with Gasteiger partial charge in [-0.2, -0.15) is 0 Å². The van der Waals surface area contributed by atoms with Crippen LogP contribution in [0.3, 0.4) is 0 Å². The maximum absolute atomic E-state index is 13.4. The highest BCUT2D eigenvalue weighted by atomic mass is 19.1. The predicted octanol–water partition coefficient (Wildman–Crippen LogP) is 2.98. The number of benzene rings is 2. The molecule has 0 atom stereocenters. The largest absolute Gasteiger partial charge is 0.496 e. The summed E-state index contributed by atoms with van der Waals surface area (Å²) < 4.78 is 18.5. The third kappa shape index (κ3) is 3.71. The molecule has 5 nitrogen and oxygen atoms in total. The summed E-state index contributed by atoms with van der Waals surface area (Å²) in [6.07, 6.45) is 2.00. The van der Waals surface area contributed by atoms with Crippen LogP contribution in [0, 0.1) is 5.82 Å². The summed E-state index contributed by atoms with van der Waals surface area (Å²) in [5.74, 6) is -0.932. The molecule has 6 heteroatoms. The highest BCUT2D eigenvalue weighted by Gasteiger charge is 2.24. The van der Waals surface area contributed by atoms with Crippen molar-refractivity contribution >= 4 is 17.5 Å². The fraction of sp³-hybridized carbons (Fsp3) is 0.222. The first kappa shape index (κ1) is 16.0. The van der Waals surface area contributed by atoms with Crippen molar-refractivity contribution in [3.05, 3.63) is 59.4 Å². The van der Waals surface area contributed by atoms with Crippen LogP contribution in [-0.4, -0.2) is 25.0 Å². The van der Waals surface area contributed by atoms with Gasteiger partial charge in [0, 0.05) is 17.3 Å². The van der Waals surface area contributed by atoms with E-state index in [9.17, 15) is 14.0 Å². The number of hydrogen-bond donors (Lipinski definition) is 2. The lowest BCUT2D eigenvalue weighted by Gasteiger charge is -2.10. The molecule has 0 saturated heterocycles. The van der Waals surface area contributed by atoms with Gasteiger partial charge >= 0.3 is 0 Å². The number of amides is 2. The highest BCUT2D eigenvalue weighted by molar-refractivity contribution is 6.06. The second-order valence-electron chi connectivity index (χ2n) is 5.63. The van der Waals surface area contributed by atoms with Crippen LogP contribution in [0.15, 0.2) is 42.5 Å². The number of carbonyl (C=O) groups excluding carboxylic acids is 2. The Morgan fingerprint density at radius 1 is 1.12 bits per heavy atom. The molecular formula is C18H17FN2O3. The van der Waals surface area contributed by atoms with Gasteiger partial charge in [0.05, 0.1) is 12.7 Å². The number of nitrogens with one attached hydrogen (secondary N) is 2. The minimum atomic E-state index is -0.529. The van der Waals surface area contributed by atoms with E-state index >= 15 is 0 Å². The topological polar surface area (TPSA) is 67.4 Å². The molecule has 0 radical (unpaired) electrons. The average Bonchev–Trinajstić information content (AvgIpc) is 3.39. The molecule has 0 unspecified atom stereocenters. The van der Waals surface area contributed by atoms with Crippen molar-refractivity contribution in [2.45, 2.75) is 18.9 Å². The van der Waals surface area contributed by atoms with Gasteiger partial charge in [-0.15, -0.1) is 0 Å². The zero-order valence-corrected chi connectivity index (χ0v) is 13.1. The zero-order chi connectivity index (χ0) is 17.1. The van der Waals surface area contributed by atoms with E-state index in [1.54, 1.807) is 24.3 Å². The minimum Gasteiger partial charge on any atom is -0.496 e. The summed E-state index contributed by atoms with van der Waals surface area (Å²) in [6.45, 7) is 0. The summed E-state index contributed by atoms with van der Waals surface area (Å²) in [7, 11) is 1.41. The van der Waals surface area contributed by atoms with E-state index in [1.807, 2.05) is 0 Å². The van der Waals surface area contributed by atoms with E-state index in [2.05, 4.69) is 10.6 Å². The number of ether oxygens (including phenoxy) is 1. The first-order valence-electron chi connectivity index (χ1n) is 7.62. The van der Waals surface area contributed by atoms with E-state index < -0.39 is 11.7 Å². The number of halogens is 1. The van der Waals surface area contributed by atoms with Gasteiger partial charge < -0.3 is 15.4 Å². The molecule has 0 aromatic heterocycles. The van der Waals surface area contributed by atoms with Crippen molar-refractivity contribution in [2.24, 2.45) is 0 Å². The van der Waals surface area contributed by atoms with E-state index in [1.165, 1.54) is 19.2 Å². The van der Waals surface area contributed by atoms with Gasteiger partial charge in [0.1, 0.15) is 11.6 Å². The van der Waals surface area contributed by atoms with E-state index in [0.717, 1.165) is 18.9 Å². The molecule has 124 valence electrons. The number of hydrogen-bond acceptors (Lipinski definition) is 3. The first-order chi connectivity index (χ1) is 11.6. The quantitative estimate of drug-likeness (QED) is 0.887. The minimum absolute atomic E-state index is 0.0883. The Bertz CT molecular complexity index is 788. The predicted molar refractivity (Wildman–Crippen MR) is 87.8 cm³/mol. The van der Waals surface area contributed by atoms with Crippen molar-refractivity contribution in [2.75, 3.05) is 12.4 Å². The Morgan fingerprint density at radius 2 is 1.92 bits per heavy atom. The highest BCUT2D eigenvalue weighted by Crippen LogP contribution is 2.22. The Balaban J connectivity index is 1.77. The maximum Gasteiger partial charge on any atom is 0.259 e. The molecule has 24 heavy (non-hydrogen) atoms. The Labute approximate surface area is 138 Å². The van der Waals surface area contributed by atoms with Crippen LogP contribution in [0.4, 0.5) is 10.1 Å². The van der Waals surface area contributed by atoms with Gasteiger partial charge in [-0.05, 0) is 49.2 Å². The molecule has 1 aliphatic carbocycles. The lowest BCUT2D eigenvalue weighted by molar-refractivity contribution is 0.0949. The van der Waals surface area contributed by atoms with Crippen LogP contribution in [0.5, 0.6) is 5.75 Å². The second-order valence-corrected chi connectivity index (χ2v) is 5.63. The first-order valence-corrected chi connectivity index (χ1v) is 7.62. The van der Waals surface area contributed by atoms with Gasteiger partial charge in [-0.25, -0.2) is 4.39 Å². The molecule has 2 amide bonds. The van der Waals surface area contributed by atoms with Crippen molar-refractivity contribution < 1.29 is 18.7 Å². The monoisotopic (exact) mass is 328 g/mol. The van der Waals surface area contributed by atoms with Crippen LogP contribution in [0.1, 0.15) is 33.6 Å². The van der Waals surface area contributed by atoms with Crippen LogP contribution in [0.25, 0.3) is 0 Å². The standard InChI is InChI=1S/C18H17FN2O3/c1-24-16-8-5-12(19)10-15(16)18(23)21-14-4-2-3-11(9-14)17(22)20-13-6-7-13/h2-5,8-10,13H,6-7H2,1H3,(H,20,22)(H,21,23). The molecule has 1 aliphatic rings. The van der Waals surface area contributed by atoms with Gasteiger partial charge in [0.25, 0.3) is 11.8 Å². The summed E-state index contributed by atoms with van der Waals surface area (Å²) in [5, 5.41) is 5.55. The van der Waals surface area contributed by atoms with Gasteiger partial charge in [0.15, 0.2) is 0 Å². The van der Waals surface area contributed by atoms with E-state index in [4.69, 9.17) is 4.74 Å². The van der Waals surface area contributed by atoms with Crippen LogP contribution in [0.2, 0.25) is 0 Å². The SMILES string of the molecule is COc1ccc(F)cc1C(=O)Nc1cccc(C(=O)NC2CC2)c1. The number of rotatable bonds is 5. The molecule has 3 rings (SSSR count). The van der Waals surface area contributed by atoms with Crippen molar-refractivity contribution in [1.82, 2.24) is 5.32 Å². The summed E-state index contributed by atoms with van der Waals surface area (Å²) in [4.78, 5) is 24.4. The molecule has 0 spiro atoms. The molecule has 0 bridgehead atoms. The van der Waals surface area contributed by atoms with Crippen molar-refractivity contribution in [1.29, 1.82) is 0 Å². The Morgan fingerprint density at radius 3 is 2.62 bits per heavy atom. The fourth-order valence-electron chi connectivity index (χ4n) is 2.29. The smallest absolute Gasteiger partial charge is 0.259 e. The van der Waals surface area contributed by atoms with E-state index in [-0.39, 0.29) is 23.3 Å². The summed E-state index contributed by atoms with van der Waals surface area (Å²) in [6, 6.07) is 10.6. The molecule has 1 fully saturated rings. The molecule has 2 aromatic rings. The molecular weight excluding hydrogens is 311 g/mol. The Hall–Kier alpha value is -2.89. The number of carbonyl (C=O) groups is 2. The normalized spacial score (nSPS) is 13.2. The molecule has 0 aliphatic heterocycles. The van der Waals surface area contributed by atoms with Gasteiger partial charge in [-0.3, -0.25) is 9.59 Å².